The van der Waals surface area contributed by atoms with Crippen molar-refractivity contribution < 1.29 is 4.74 Å². The van der Waals surface area contributed by atoms with E-state index in [9.17, 15) is 0 Å². The number of thiazole rings is 1. The summed E-state index contributed by atoms with van der Waals surface area (Å²) in [4.78, 5) is 6.97. The normalized spacial score (nSPS) is 18.4. The molecule has 1 aromatic heterocycles. The van der Waals surface area contributed by atoms with Gasteiger partial charge < -0.3 is 15.0 Å². The van der Waals surface area contributed by atoms with E-state index in [1.54, 1.807) is 11.3 Å². The molecule has 1 N–H and O–H groups in total. The highest BCUT2D eigenvalue weighted by atomic mass is 32.1. The van der Waals surface area contributed by atoms with Crippen LogP contribution in [-0.4, -0.2) is 37.3 Å². The number of ether oxygens (including phenoxy) is 1. The summed E-state index contributed by atoms with van der Waals surface area (Å²) in [5.74, 6) is 0. The molecule has 0 radical (unpaired) electrons. The van der Waals surface area contributed by atoms with Gasteiger partial charge in [0.05, 0.1) is 18.9 Å². The van der Waals surface area contributed by atoms with Crippen molar-refractivity contribution in [3.8, 4) is 0 Å². The van der Waals surface area contributed by atoms with E-state index >= 15 is 0 Å². The molecule has 1 fully saturated rings. The zero-order chi connectivity index (χ0) is 12.1. The van der Waals surface area contributed by atoms with E-state index in [0.717, 1.165) is 50.1 Å². The molecule has 1 atom stereocenters. The van der Waals surface area contributed by atoms with Crippen molar-refractivity contribution >= 4 is 16.5 Å². The molecule has 1 aliphatic rings. The topological polar surface area (TPSA) is 37.4 Å². The fraction of sp³-hybridized carbons (Fsp3) is 0.750. The van der Waals surface area contributed by atoms with E-state index in [4.69, 9.17) is 4.74 Å². The molecule has 0 bridgehead atoms. The van der Waals surface area contributed by atoms with Gasteiger partial charge in [0.25, 0.3) is 0 Å². The van der Waals surface area contributed by atoms with E-state index in [0.29, 0.717) is 6.04 Å². The molecule has 1 aromatic rings. The Kier molecular flexibility index (Phi) is 4.76. The lowest BCUT2D eigenvalue weighted by molar-refractivity contribution is 0.122. The minimum absolute atomic E-state index is 0.559. The summed E-state index contributed by atoms with van der Waals surface area (Å²) in [6, 6.07) is 0.559. The SMILES string of the molecule is CCC(C)NCc1csc(N2CCOCC2)n1. The van der Waals surface area contributed by atoms with Gasteiger partial charge in [-0.15, -0.1) is 11.3 Å². The molecule has 1 aliphatic heterocycles. The van der Waals surface area contributed by atoms with Gasteiger partial charge in [-0.1, -0.05) is 6.92 Å². The van der Waals surface area contributed by atoms with Crippen LogP contribution in [0.2, 0.25) is 0 Å². The summed E-state index contributed by atoms with van der Waals surface area (Å²) in [5.41, 5.74) is 1.15. The molecule has 5 heteroatoms. The summed E-state index contributed by atoms with van der Waals surface area (Å²) in [5, 5.41) is 6.75. The Morgan fingerprint density at radius 1 is 1.53 bits per heavy atom. The first-order valence-corrected chi connectivity index (χ1v) is 7.18. The number of anilines is 1. The maximum absolute atomic E-state index is 5.34. The molecule has 0 amide bonds. The largest absolute Gasteiger partial charge is 0.378 e. The zero-order valence-corrected chi connectivity index (χ0v) is 11.4. The molecule has 0 saturated carbocycles. The van der Waals surface area contributed by atoms with E-state index in [2.05, 4.69) is 34.4 Å². The van der Waals surface area contributed by atoms with Crippen molar-refractivity contribution in [1.82, 2.24) is 10.3 Å². The smallest absolute Gasteiger partial charge is 0.185 e. The second-order valence-corrected chi connectivity index (χ2v) is 5.25. The third kappa shape index (κ3) is 3.66. The molecule has 1 unspecified atom stereocenters. The first-order valence-electron chi connectivity index (χ1n) is 6.30. The van der Waals surface area contributed by atoms with Gasteiger partial charge in [-0.2, -0.15) is 0 Å². The number of hydrogen-bond donors (Lipinski definition) is 1. The van der Waals surface area contributed by atoms with Gasteiger partial charge in [-0.3, -0.25) is 0 Å². The summed E-state index contributed by atoms with van der Waals surface area (Å²) < 4.78 is 5.34. The van der Waals surface area contributed by atoms with Gasteiger partial charge in [-0.25, -0.2) is 4.98 Å². The van der Waals surface area contributed by atoms with Gasteiger partial charge in [-0.05, 0) is 13.3 Å². The number of nitrogens with zero attached hydrogens (tertiary/aromatic N) is 2. The average Bonchev–Trinajstić information content (AvgIpc) is 2.86. The third-order valence-corrected chi connectivity index (χ3v) is 4.02. The van der Waals surface area contributed by atoms with Gasteiger partial charge in [0.15, 0.2) is 5.13 Å². The summed E-state index contributed by atoms with van der Waals surface area (Å²) in [6.45, 7) is 8.83. The van der Waals surface area contributed by atoms with E-state index in [-0.39, 0.29) is 0 Å². The molecule has 2 rings (SSSR count). The van der Waals surface area contributed by atoms with Crippen molar-refractivity contribution in [3.05, 3.63) is 11.1 Å². The minimum atomic E-state index is 0.559. The highest BCUT2D eigenvalue weighted by Gasteiger charge is 2.14. The van der Waals surface area contributed by atoms with Crippen molar-refractivity contribution in [2.45, 2.75) is 32.9 Å². The predicted molar refractivity (Wildman–Crippen MR) is 71.7 cm³/mol. The van der Waals surface area contributed by atoms with Crippen LogP contribution in [0.5, 0.6) is 0 Å². The maximum atomic E-state index is 5.34. The van der Waals surface area contributed by atoms with Crippen LogP contribution >= 0.6 is 11.3 Å². The van der Waals surface area contributed by atoms with E-state index in [1.807, 2.05) is 0 Å². The highest BCUT2D eigenvalue weighted by molar-refractivity contribution is 7.13. The number of hydrogen-bond acceptors (Lipinski definition) is 5. The molecule has 4 nitrogen and oxygen atoms in total. The van der Waals surface area contributed by atoms with Crippen LogP contribution < -0.4 is 10.2 Å². The summed E-state index contributed by atoms with van der Waals surface area (Å²) in [7, 11) is 0. The van der Waals surface area contributed by atoms with Crippen molar-refractivity contribution in [2.75, 3.05) is 31.2 Å². The first-order chi connectivity index (χ1) is 8.29. The van der Waals surface area contributed by atoms with Crippen molar-refractivity contribution in [1.29, 1.82) is 0 Å². The molecule has 96 valence electrons. The fourth-order valence-electron chi connectivity index (χ4n) is 1.70. The highest BCUT2D eigenvalue weighted by Crippen LogP contribution is 2.21. The van der Waals surface area contributed by atoms with Gasteiger partial charge >= 0.3 is 0 Å². The molecule has 0 aromatic carbocycles. The van der Waals surface area contributed by atoms with Gasteiger partial charge in [0, 0.05) is 31.1 Å². The Balaban J connectivity index is 1.86. The lowest BCUT2D eigenvalue weighted by Crippen LogP contribution is -2.36. The van der Waals surface area contributed by atoms with Crippen LogP contribution in [0.1, 0.15) is 26.0 Å². The summed E-state index contributed by atoms with van der Waals surface area (Å²) in [6.07, 6.45) is 1.15. The van der Waals surface area contributed by atoms with Crippen LogP contribution in [0.15, 0.2) is 5.38 Å². The maximum Gasteiger partial charge on any atom is 0.185 e. The van der Waals surface area contributed by atoms with Crippen LogP contribution in [0, 0.1) is 0 Å². The fourth-order valence-corrected chi connectivity index (χ4v) is 2.58. The Bertz CT molecular complexity index is 336. The predicted octanol–water partition coefficient (Wildman–Crippen LogP) is 1.87. The zero-order valence-electron chi connectivity index (χ0n) is 10.6. The Morgan fingerprint density at radius 3 is 3.00 bits per heavy atom. The molecule has 2 heterocycles. The van der Waals surface area contributed by atoms with Crippen LogP contribution in [0.25, 0.3) is 0 Å². The number of aromatic nitrogens is 1. The molecule has 0 spiro atoms. The van der Waals surface area contributed by atoms with Crippen LogP contribution in [0.4, 0.5) is 5.13 Å². The number of morpholine rings is 1. The summed E-state index contributed by atoms with van der Waals surface area (Å²) >= 11 is 1.73. The lowest BCUT2D eigenvalue weighted by Gasteiger charge is -2.26. The molecular formula is C12H21N3OS. The second-order valence-electron chi connectivity index (χ2n) is 4.41. The second kappa shape index (κ2) is 6.33. The first kappa shape index (κ1) is 12.8. The Morgan fingerprint density at radius 2 is 2.29 bits per heavy atom. The molecule has 17 heavy (non-hydrogen) atoms. The van der Waals surface area contributed by atoms with Gasteiger partial charge in [0.2, 0.25) is 0 Å². The van der Waals surface area contributed by atoms with Crippen molar-refractivity contribution in [3.63, 3.8) is 0 Å². The quantitative estimate of drug-likeness (QED) is 0.871. The number of nitrogens with one attached hydrogen (secondary N) is 1. The minimum Gasteiger partial charge on any atom is -0.378 e. The van der Waals surface area contributed by atoms with Crippen LogP contribution in [-0.2, 0) is 11.3 Å². The van der Waals surface area contributed by atoms with Gasteiger partial charge in [0.1, 0.15) is 0 Å². The average molecular weight is 255 g/mol. The Labute approximate surface area is 107 Å². The lowest BCUT2D eigenvalue weighted by atomic mass is 10.2. The molecule has 1 saturated heterocycles. The monoisotopic (exact) mass is 255 g/mol. The number of rotatable bonds is 5. The van der Waals surface area contributed by atoms with E-state index < -0.39 is 0 Å². The molecular weight excluding hydrogens is 234 g/mol. The Hall–Kier alpha value is -0.650. The van der Waals surface area contributed by atoms with E-state index in [1.165, 1.54) is 0 Å². The van der Waals surface area contributed by atoms with Crippen molar-refractivity contribution in [2.24, 2.45) is 0 Å². The van der Waals surface area contributed by atoms with Crippen LogP contribution in [0.3, 0.4) is 0 Å². The third-order valence-electron chi connectivity index (χ3n) is 3.07. The molecule has 0 aliphatic carbocycles. The standard InChI is InChI=1S/C12H21N3OS/c1-3-10(2)13-8-11-9-17-12(14-11)15-4-6-16-7-5-15/h9-10,13H,3-8H2,1-2H3.